The summed E-state index contributed by atoms with van der Waals surface area (Å²) < 4.78 is 11.1. The third kappa shape index (κ3) is 1.98. The molecule has 0 spiro atoms. The van der Waals surface area contributed by atoms with Gasteiger partial charge in [0.2, 0.25) is 0 Å². The first-order chi connectivity index (χ1) is 8.90. The zero-order valence-electron chi connectivity index (χ0n) is 10.5. The molecule has 1 fully saturated rings. The number of nitrogens with one attached hydrogen (secondary N) is 2. The van der Waals surface area contributed by atoms with E-state index >= 15 is 0 Å². The van der Waals surface area contributed by atoms with Gasteiger partial charge in [0.25, 0.3) is 0 Å². The van der Waals surface area contributed by atoms with Gasteiger partial charge in [-0.1, -0.05) is 6.07 Å². The van der Waals surface area contributed by atoms with Gasteiger partial charge in [0.15, 0.2) is 0 Å². The van der Waals surface area contributed by atoms with Crippen molar-refractivity contribution in [3.8, 4) is 5.75 Å². The van der Waals surface area contributed by atoms with Gasteiger partial charge in [0, 0.05) is 29.3 Å². The minimum absolute atomic E-state index is 0.234. The van der Waals surface area contributed by atoms with Crippen LogP contribution in [-0.2, 0) is 4.74 Å². The number of rotatable bonds is 2. The lowest BCUT2D eigenvalue weighted by Crippen LogP contribution is -2.23. The van der Waals surface area contributed by atoms with E-state index < -0.39 is 0 Å². The molecule has 2 N–H and O–H groups in total. The van der Waals surface area contributed by atoms with Crippen LogP contribution in [0.25, 0.3) is 10.9 Å². The van der Waals surface area contributed by atoms with Crippen LogP contribution in [0, 0.1) is 0 Å². The van der Waals surface area contributed by atoms with E-state index in [-0.39, 0.29) is 6.04 Å². The maximum Gasteiger partial charge on any atom is 0.128 e. The smallest absolute Gasteiger partial charge is 0.128 e. The van der Waals surface area contributed by atoms with Gasteiger partial charge in [0.05, 0.1) is 19.8 Å². The second kappa shape index (κ2) is 5.00. The summed E-state index contributed by atoms with van der Waals surface area (Å²) in [5.74, 6) is 0.912. The average molecular weight is 246 g/mol. The van der Waals surface area contributed by atoms with Gasteiger partial charge in [-0.2, -0.15) is 0 Å². The molecule has 4 nitrogen and oxygen atoms in total. The number of ether oxygens (including phenoxy) is 2. The van der Waals surface area contributed by atoms with Gasteiger partial charge in [-0.15, -0.1) is 0 Å². The Labute approximate surface area is 106 Å². The minimum Gasteiger partial charge on any atom is -0.496 e. The fourth-order valence-electron chi connectivity index (χ4n) is 2.53. The van der Waals surface area contributed by atoms with Crippen molar-refractivity contribution in [2.75, 3.05) is 26.9 Å². The number of fused-ring (bicyclic) bond motifs is 1. The highest BCUT2D eigenvalue weighted by molar-refractivity contribution is 5.89. The highest BCUT2D eigenvalue weighted by Crippen LogP contribution is 2.32. The SMILES string of the molecule is COc1cccc2[nH]cc(C3COCCCN3)c12. The van der Waals surface area contributed by atoms with Crippen molar-refractivity contribution in [1.29, 1.82) is 0 Å². The molecule has 1 atom stereocenters. The molecule has 2 heterocycles. The van der Waals surface area contributed by atoms with Gasteiger partial charge in [-0.05, 0) is 25.1 Å². The monoisotopic (exact) mass is 246 g/mol. The molecule has 0 saturated carbocycles. The maximum absolute atomic E-state index is 5.64. The quantitative estimate of drug-likeness (QED) is 0.854. The Hall–Kier alpha value is -1.52. The van der Waals surface area contributed by atoms with Crippen LogP contribution in [0.4, 0.5) is 0 Å². The summed E-state index contributed by atoms with van der Waals surface area (Å²) in [6.07, 6.45) is 3.12. The lowest BCUT2D eigenvalue weighted by atomic mass is 10.1. The Kier molecular flexibility index (Phi) is 3.21. The Morgan fingerprint density at radius 2 is 2.33 bits per heavy atom. The maximum atomic E-state index is 5.64. The number of aromatic amines is 1. The van der Waals surface area contributed by atoms with Gasteiger partial charge in [0.1, 0.15) is 5.75 Å². The minimum atomic E-state index is 0.234. The second-order valence-corrected chi connectivity index (χ2v) is 4.56. The molecular weight excluding hydrogens is 228 g/mol. The van der Waals surface area contributed by atoms with Crippen molar-refractivity contribution < 1.29 is 9.47 Å². The zero-order chi connectivity index (χ0) is 12.4. The molecule has 1 aromatic heterocycles. The van der Waals surface area contributed by atoms with Crippen molar-refractivity contribution in [3.05, 3.63) is 30.0 Å². The van der Waals surface area contributed by atoms with E-state index in [0.29, 0.717) is 6.61 Å². The van der Waals surface area contributed by atoms with E-state index in [9.17, 15) is 0 Å². The summed E-state index contributed by atoms with van der Waals surface area (Å²) in [5.41, 5.74) is 2.33. The second-order valence-electron chi connectivity index (χ2n) is 4.56. The first-order valence-corrected chi connectivity index (χ1v) is 6.35. The normalized spacial score (nSPS) is 20.8. The molecule has 1 aromatic carbocycles. The Morgan fingerprint density at radius 1 is 1.39 bits per heavy atom. The number of hydrogen-bond acceptors (Lipinski definition) is 3. The van der Waals surface area contributed by atoms with Crippen molar-refractivity contribution in [3.63, 3.8) is 0 Å². The lowest BCUT2D eigenvalue weighted by Gasteiger charge is -2.15. The average Bonchev–Trinajstić information content (AvgIpc) is 2.66. The summed E-state index contributed by atoms with van der Waals surface area (Å²) in [6.45, 7) is 2.54. The molecule has 1 aliphatic heterocycles. The highest BCUT2D eigenvalue weighted by atomic mass is 16.5. The first-order valence-electron chi connectivity index (χ1n) is 6.35. The number of hydrogen-bond donors (Lipinski definition) is 2. The molecule has 1 aliphatic rings. The first kappa shape index (κ1) is 11.6. The number of methoxy groups -OCH3 is 1. The van der Waals surface area contributed by atoms with E-state index in [0.717, 1.165) is 36.2 Å². The van der Waals surface area contributed by atoms with Crippen LogP contribution >= 0.6 is 0 Å². The lowest BCUT2D eigenvalue weighted by molar-refractivity contribution is 0.132. The van der Waals surface area contributed by atoms with Crippen LogP contribution in [-0.4, -0.2) is 31.9 Å². The molecule has 1 unspecified atom stereocenters. The van der Waals surface area contributed by atoms with Gasteiger partial charge >= 0.3 is 0 Å². The van der Waals surface area contributed by atoms with E-state index in [2.05, 4.69) is 22.6 Å². The largest absolute Gasteiger partial charge is 0.496 e. The van der Waals surface area contributed by atoms with Gasteiger partial charge < -0.3 is 19.8 Å². The fourth-order valence-corrected chi connectivity index (χ4v) is 2.53. The zero-order valence-corrected chi connectivity index (χ0v) is 10.5. The fraction of sp³-hybridized carbons (Fsp3) is 0.429. The van der Waals surface area contributed by atoms with Crippen LogP contribution in [0.3, 0.4) is 0 Å². The third-order valence-corrected chi connectivity index (χ3v) is 3.43. The molecular formula is C14H18N2O2. The Bertz CT molecular complexity index is 528. The number of benzene rings is 1. The molecule has 96 valence electrons. The summed E-state index contributed by atoms with van der Waals surface area (Å²) in [7, 11) is 1.71. The molecule has 0 amide bonds. The molecule has 18 heavy (non-hydrogen) atoms. The van der Waals surface area contributed by atoms with Gasteiger partial charge in [-0.25, -0.2) is 0 Å². The van der Waals surface area contributed by atoms with E-state index in [1.807, 2.05) is 12.1 Å². The third-order valence-electron chi connectivity index (χ3n) is 3.43. The van der Waals surface area contributed by atoms with Crippen molar-refractivity contribution in [2.45, 2.75) is 12.5 Å². The summed E-state index contributed by atoms with van der Waals surface area (Å²) in [4.78, 5) is 3.31. The summed E-state index contributed by atoms with van der Waals surface area (Å²) in [6, 6.07) is 6.30. The molecule has 2 aromatic rings. The molecule has 3 rings (SSSR count). The topological polar surface area (TPSA) is 46.3 Å². The standard InChI is InChI=1S/C14H18N2O2/c1-17-13-5-2-4-11-14(13)10(8-16-11)12-9-18-7-3-6-15-12/h2,4-5,8,12,15-16H,3,6-7,9H2,1H3. The molecule has 1 saturated heterocycles. The summed E-state index contributed by atoms with van der Waals surface area (Å²) in [5, 5.41) is 4.68. The molecule has 0 radical (unpaired) electrons. The predicted molar refractivity (Wildman–Crippen MR) is 71.0 cm³/mol. The molecule has 4 heteroatoms. The molecule has 0 aliphatic carbocycles. The Morgan fingerprint density at radius 3 is 3.22 bits per heavy atom. The van der Waals surface area contributed by atoms with Crippen molar-refractivity contribution >= 4 is 10.9 Å². The van der Waals surface area contributed by atoms with Crippen LogP contribution in [0.2, 0.25) is 0 Å². The van der Waals surface area contributed by atoms with Crippen LogP contribution in [0.15, 0.2) is 24.4 Å². The van der Waals surface area contributed by atoms with Crippen LogP contribution < -0.4 is 10.1 Å². The highest BCUT2D eigenvalue weighted by Gasteiger charge is 2.19. The summed E-state index contributed by atoms with van der Waals surface area (Å²) >= 11 is 0. The van der Waals surface area contributed by atoms with Crippen molar-refractivity contribution in [1.82, 2.24) is 10.3 Å². The van der Waals surface area contributed by atoms with Crippen LogP contribution in [0.5, 0.6) is 5.75 Å². The van der Waals surface area contributed by atoms with E-state index in [1.54, 1.807) is 7.11 Å². The number of H-pyrrole nitrogens is 1. The van der Waals surface area contributed by atoms with Gasteiger partial charge in [-0.3, -0.25) is 0 Å². The predicted octanol–water partition coefficient (Wildman–Crippen LogP) is 2.23. The van der Waals surface area contributed by atoms with E-state index in [4.69, 9.17) is 9.47 Å². The van der Waals surface area contributed by atoms with Crippen molar-refractivity contribution in [2.24, 2.45) is 0 Å². The van der Waals surface area contributed by atoms with Crippen LogP contribution in [0.1, 0.15) is 18.0 Å². The van der Waals surface area contributed by atoms with E-state index in [1.165, 1.54) is 5.56 Å². The number of aromatic nitrogens is 1. The Balaban J connectivity index is 2.05. The molecule has 0 bridgehead atoms.